The number of allylic oxidation sites excluding steroid dienone is 1. The maximum Gasteiger partial charge on any atom is 0.251 e. The highest BCUT2D eigenvalue weighted by atomic mass is 19.1. The second-order valence-electron chi connectivity index (χ2n) is 7.62. The molecule has 1 heterocycles. The minimum atomic E-state index is -0.280. The molecule has 1 amide bonds. The first-order chi connectivity index (χ1) is 15.2. The van der Waals surface area contributed by atoms with Gasteiger partial charge in [0.1, 0.15) is 5.82 Å². The molecule has 0 spiro atoms. The summed E-state index contributed by atoms with van der Waals surface area (Å²) in [7, 11) is 0. The van der Waals surface area contributed by atoms with Crippen LogP contribution in [0.25, 0.3) is 11.1 Å². The molecule has 0 aliphatic heterocycles. The summed E-state index contributed by atoms with van der Waals surface area (Å²) in [5, 5.41) is 6.12. The predicted octanol–water partition coefficient (Wildman–Crippen LogP) is 5.65. The van der Waals surface area contributed by atoms with Crippen LogP contribution in [0.4, 0.5) is 16.0 Å². The summed E-state index contributed by atoms with van der Waals surface area (Å²) in [6, 6.07) is 13.5. The summed E-state index contributed by atoms with van der Waals surface area (Å²) in [6.07, 6.45) is 11.4. The molecule has 2 N–H and O–H groups in total. The molecule has 4 rings (SSSR count). The van der Waals surface area contributed by atoms with Crippen molar-refractivity contribution in [1.82, 2.24) is 15.3 Å². The van der Waals surface area contributed by atoms with Crippen molar-refractivity contribution >= 4 is 17.5 Å². The predicted molar refractivity (Wildman–Crippen MR) is 121 cm³/mol. The molecule has 0 saturated carbocycles. The number of nitrogens with zero attached hydrogens (tertiary/aromatic N) is 2. The lowest BCUT2D eigenvalue weighted by molar-refractivity contribution is 0.0954. The molecule has 31 heavy (non-hydrogen) atoms. The van der Waals surface area contributed by atoms with Gasteiger partial charge in [0.2, 0.25) is 5.95 Å². The van der Waals surface area contributed by atoms with E-state index in [0.717, 1.165) is 36.1 Å². The third-order valence-electron chi connectivity index (χ3n) is 5.33. The zero-order valence-electron chi connectivity index (χ0n) is 17.3. The van der Waals surface area contributed by atoms with E-state index >= 15 is 0 Å². The van der Waals surface area contributed by atoms with Crippen LogP contribution < -0.4 is 10.6 Å². The molecule has 0 radical (unpaired) electrons. The smallest absolute Gasteiger partial charge is 0.251 e. The number of halogens is 1. The quantitative estimate of drug-likeness (QED) is 0.489. The minimum Gasteiger partial charge on any atom is -0.352 e. The average Bonchev–Trinajstić information content (AvgIpc) is 2.81. The molecular weight excluding hydrogens is 391 g/mol. The van der Waals surface area contributed by atoms with E-state index in [1.165, 1.54) is 30.5 Å². The van der Waals surface area contributed by atoms with Crippen LogP contribution in [-0.4, -0.2) is 22.4 Å². The fourth-order valence-corrected chi connectivity index (χ4v) is 3.62. The van der Waals surface area contributed by atoms with Gasteiger partial charge in [-0.15, -0.1) is 0 Å². The highest BCUT2D eigenvalue weighted by Crippen LogP contribution is 2.21. The van der Waals surface area contributed by atoms with E-state index in [0.29, 0.717) is 18.1 Å². The van der Waals surface area contributed by atoms with Gasteiger partial charge in [-0.1, -0.05) is 29.8 Å². The molecule has 158 valence electrons. The molecule has 2 aromatic carbocycles. The lowest BCUT2D eigenvalue weighted by atomic mass is 9.97. The van der Waals surface area contributed by atoms with E-state index in [9.17, 15) is 9.18 Å². The van der Waals surface area contributed by atoms with Crippen molar-refractivity contribution in [3.63, 3.8) is 0 Å². The second kappa shape index (κ2) is 9.98. The van der Waals surface area contributed by atoms with Crippen LogP contribution in [0.15, 0.2) is 72.6 Å². The Hall–Kier alpha value is -3.54. The van der Waals surface area contributed by atoms with Crippen LogP contribution in [0.3, 0.4) is 0 Å². The average molecular weight is 417 g/mol. The minimum absolute atomic E-state index is 0.0902. The van der Waals surface area contributed by atoms with Gasteiger partial charge < -0.3 is 10.6 Å². The van der Waals surface area contributed by atoms with E-state index in [4.69, 9.17) is 0 Å². The summed E-state index contributed by atoms with van der Waals surface area (Å²) >= 11 is 0. The largest absolute Gasteiger partial charge is 0.352 e. The van der Waals surface area contributed by atoms with Gasteiger partial charge in [0.05, 0.1) is 0 Å². The Morgan fingerprint density at radius 2 is 1.81 bits per heavy atom. The number of rotatable bonds is 7. The third-order valence-corrected chi connectivity index (χ3v) is 5.33. The molecule has 1 aromatic heterocycles. The van der Waals surface area contributed by atoms with E-state index in [2.05, 4.69) is 26.7 Å². The van der Waals surface area contributed by atoms with Gasteiger partial charge in [-0.05, 0) is 68.0 Å². The highest BCUT2D eigenvalue weighted by Gasteiger charge is 2.09. The molecular formula is C25H25FN4O. The Morgan fingerprint density at radius 1 is 1.00 bits per heavy atom. The number of nitrogens with one attached hydrogen (secondary N) is 2. The topological polar surface area (TPSA) is 66.9 Å². The lowest BCUT2D eigenvalue weighted by Crippen LogP contribution is -2.24. The van der Waals surface area contributed by atoms with Crippen LogP contribution in [0.2, 0.25) is 0 Å². The van der Waals surface area contributed by atoms with Crippen molar-refractivity contribution in [2.45, 2.75) is 32.1 Å². The van der Waals surface area contributed by atoms with E-state index in [-0.39, 0.29) is 11.7 Å². The first-order valence-corrected chi connectivity index (χ1v) is 10.6. The number of benzene rings is 2. The van der Waals surface area contributed by atoms with Gasteiger partial charge in [0.15, 0.2) is 0 Å². The SMILES string of the molecule is O=C(NCCC1=CCCCC1)c1cccc(Nc2ncc(-c3ccc(F)cc3)cn2)c1. The number of carbonyl (C=O) groups excluding carboxylic acids is 1. The highest BCUT2D eigenvalue weighted by molar-refractivity contribution is 5.95. The summed E-state index contributed by atoms with van der Waals surface area (Å²) in [4.78, 5) is 21.2. The molecule has 1 aliphatic carbocycles. The van der Waals surface area contributed by atoms with Crippen molar-refractivity contribution in [2.75, 3.05) is 11.9 Å². The van der Waals surface area contributed by atoms with Gasteiger partial charge in [-0.2, -0.15) is 0 Å². The molecule has 5 nitrogen and oxygen atoms in total. The van der Waals surface area contributed by atoms with E-state index in [1.54, 1.807) is 36.7 Å². The lowest BCUT2D eigenvalue weighted by Gasteiger charge is -2.13. The van der Waals surface area contributed by atoms with Crippen molar-refractivity contribution < 1.29 is 9.18 Å². The number of hydrogen-bond acceptors (Lipinski definition) is 4. The third kappa shape index (κ3) is 5.75. The Labute approximate surface area is 181 Å². The first kappa shape index (κ1) is 20.7. The molecule has 1 aliphatic rings. The first-order valence-electron chi connectivity index (χ1n) is 10.6. The van der Waals surface area contributed by atoms with Gasteiger partial charge in [0, 0.05) is 35.8 Å². The summed E-state index contributed by atoms with van der Waals surface area (Å²) in [5.41, 5.74) is 4.41. The Balaban J connectivity index is 1.35. The van der Waals surface area contributed by atoms with Crippen LogP contribution in [0.1, 0.15) is 42.5 Å². The standard InChI is InChI=1S/C25H25FN4O/c26-22-11-9-19(10-12-22)21-16-28-25(29-17-21)30-23-8-4-7-20(15-23)24(31)27-14-13-18-5-2-1-3-6-18/h4-5,7-12,15-17H,1-3,6,13-14H2,(H,27,31)(H,28,29,30). The molecule has 0 atom stereocenters. The van der Waals surface area contributed by atoms with E-state index < -0.39 is 0 Å². The van der Waals surface area contributed by atoms with Crippen molar-refractivity contribution in [3.05, 3.63) is 84.0 Å². The monoisotopic (exact) mass is 416 g/mol. The Kier molecular flexibility index (Phi) is 6.67. The molecule has 0 fully saturated rings. The molecule has 0 unspecified atom stereocenters. The summed E-state index contributed by atoms with van der Waals surface area (Å²) < 4.78 is 13.1. The number of amides is 1. The molecule has 0 saturated heterocycles. The molecule has 0 bridgehead atoms. The van der Waals surface area contributed by atoms with Gasteiger partial charge in [-0.3, -0.25) is 4.79 Å². The fourth-order valence-electron chi connectivity index (χ4n) is 3.62. The zero-order valence-corrected chi connectivity index (χ0v) is 17.3. The fraction of sp³-hybridized carbons (Fsp3) is 0.240. The van der Waals surface area contributed by atoms with Gasteiger partial charge >= 0.3 is 0 Å². The maximum atomic E-state index is 13.1. The Bertz CT molecular complexity index is 1060. The molecule has 3 aromatic rings. The summed E-state index contributed by atoms with van der Waals surface area (Å²) in [5.74, 6) is 0.0539. The van der Waals surface area contributed by atoms with Crippen molar-refractivity contribution in [3.8, 4) is 11.1 Å². The molecule has 6 heteroatoms. The number of anilines is 2. The number of aromatic nitrogens is 2. The van der Waals surface area contributed by atoms with Crippen LogP contribution in [0, 0.1) is 5.82 Å². The van der Waals surface area contributed by atoms with E-state index in [1.807, 2.05) is 12.1 Å². The summed E-state index contributed by atoms with van der Waals surface area (Å²) in [6.45, 7) is 0.649. The van der Waals surface area contributed by atoms with Gasteiger partial charge in [-0.25, -0.2) is 14.4 Å². The van der Waals surface area contributed by atoms with Crippen molar-refractivity contribution in [1.29, 1.82) is 0 Å². The number of hydrogen-bond donors (Lipinski definition) is 2. The normalized spacial score (nSPS) is 13.4. The van der Waals surface area contributed by atoms with Crippen LogP contribution in [0.5, 0.6) is 0 Å². The van der Waals surface area contributed by atoms with Crippen molar-refractivity contribution in [2.24, 2.45) is 0 Å². The van der Waals surface area contributed by atoms with Crippen LogP contribution in [-0.2, 0) is 0 Å². The maximum absolute atomic E-state index is 13.1. The van der Waals surface area contributed by atoms with Crippen LogP contribution >= 0.6 is 0 Å². The van der Waals surface area contributed by atoms with Gasteiger partial charge in [0.25, 0.3) is 5.91 Å². The zero-order chi connectivity index (χ0) is 21.5. The Morgan fingerprint density at radius 3 is 2.55 bits per heavy atom. The second-order valence-corrected chi connectivity index (χ2v) is 7.62. The number of carbonyl (C=O) groups is 1.